The first-order valence-electron chi connectivity index (χ1n) is 7.58. The summed E-state index contributed by atoms with van der Waals surface area (Å²) in [5.74, 6) is -0.755. The summed E-state index contributed by atoms with van der Waals surface area (Å²) in [5.41, 5.74) is 0.448. The zero-order valence-electron chi connectivity index (χ0n) is 13.6. The Morgan fingerprint density at radius 2 is 1.71 bits per heavy atom. The van der Waals surface area contributed by atoms with Crippen molar-refractivity contribution in [2.45, 2.75) is 70.6 Å². The molecule has 0 amide bonds. The monoisotopic (exact) mass is 296 g/mol. The highest BCUT2D eigenvalue weighted by molar-refractivity contribution is 5.22. The SMILES string of the molecule is CC(NC1CC(C)(C)NC(C)(C)C1)c1cc(F)ccc1F. The Bertz CT molecular complexity index is 496. The maximum Gasteiger partial charge on any atom is 0.128 e. The van der Waals surface area contributed by atoms with Crippen LogP contribution >= 0.6 is 0 Å². The molecule has 1 aromatic rings. The lowest BCUT2D eigenvalue weighted by molar-refractivity contribution is 0.140. The van der Waals surface area contributed by atoms with E-state index in [9.17, 15) is 8.78 Å². The van der Waals surface area contributed by atoms with E-state index in [1.54, 1.807) is 0 Å². The molecule has 1 aromatic carbocycles. The van der Waals surface area contributed by atoms with Gasteiger partial charge in [0, 0.05) is 28.7 Å². The minimum absolute atomic E-state index is 0.0274. The van der Waals surface area contributed by atoms with E-state index in [1.807, 2.05) is 6.92 Å². The van der Waals surface area contributed by atoms with Gasteiger partial charge in [-0.3, -0.25) is 0 Å². The predicted molar refractivity (Wildman–Crippen MR) is 82.2 cm³/mol. The first-order valence-corrected chi connectivity index (χ1v) is 7.58. The molecule has 118 valence electrons. The molecule has 0 aromatic heterocycles. The van der Waals surface area contributed by atoms with Gasteiger partial charge in [-0.2, -0.15) is 0 Å². The van der Waals surface area contributed by atoms with Crippen molar-refractivity contribution < 1.29 is 8.78 Å². The molecule has 1 heterocycles. The molecule has 0 bridgehead atoms. The number of hydrogen-bond donors (Lipinski definition) is 2. The molecular formula is C17H26F2N2. The normalized spacial score (nSPS) is 23.0. The van der Waals surface area contributed by atoms with Gasteiger partial charge in [0.25, 0.3) is 0 Å². The topological polar surface area (TPSA) is 24.1 Å². The van der Waals surface area contributed by atoms with E-state index in [2.05, 4.69) is 38.3 Å². The van der Waals surface area contributed by atoms with Crippen LogP contribution in [0.25, 0.3) is 0 Å². The maximum atomic E-state index is 13.9. The van der Waals surface area contributed by atoms with Crippen LogP contribution in [0, 0.1) is 11.6 Å². The molecular weight excluding hydrogens is 270 g/mol. The van der Waals surface area contributed by atoms with Crippen LogP contribution in [-0.2, 0) is 0 Å². The molecule has 1 aliphatic heterocycles. The third-order valence-corrected chi connectivity index (χ3v) is 4.10. The van der Waals surface area contributed by atoms with Gasteiger partial charge in [-0.25, -0.2) is 8.78 Å². The van der Waals surface area contributed by atoms with Crippen molar-refractivity contribution in [2.75, 3.05) is 0 Å². The Morgan fingerprint density at radius 3 is 2.29 bits per heavy atom. The summed E-state index contributed by atoms with van der Waals surface area (Å²) in [5, 5.41) is 7.09. The van der Waals surface area contributed by atoms with Crippen molar-refractivity contribution in [3.63, 3.8) is 0 Å². The van der Waals surface area contributed by atoms with Gasteiger partial charge in [-0.05, 0) is 65.7 Å². The lowest BCUT2D eigenvalue weighted by Crippen LogP contribution is -2.61. The van der Waals surface area contributed by atoms with Crippen LogP contribution in [0.4, 0.5) is 8.78 Å². The first-order chi connectivity index (χ1) is 9.58. The zero-order valence-corrected chi connectivity index (χ0v) is 13.6. The molecule has 2 nitrogen and oxygen atoms in total. The van der Waals surface area contributed by atoms with E-state index < -0.39 is 5.82 Å². The lowest BCUT2D eigenvalue weighted by Gasteiger charge is -2.47. The molecule has 0 aliphatic carbocycles. The summed E-state index contributed by atoms with van der Waals surface area (Å²) in [7, 11) is 0. The molecule has 0 spiro atoms. The summed E-state index contributed by atoms with van der Waals surface area (Å²) >= 11 is 0. The van der Waals surface area contributed by atoms with Crippen molar-refractivity contribution in [1.29, 1.82) is 0 Å². The third kappa shape index (κ3) is 4.24. The summed E-state index contributed by atoms with van der Waals surface area (Å²) < 4.78 is 27.2. The maximum absolute atomic E-state index is 13.9. The fourth-order valence-electron chi connectivity index (χ4n) is 3.73. The van der Waals surface area contributed by atoms with Crippen LogP contribution in [0.5, 0.6) is 0 Å². The third-order valence-electron chi connectivity index (χ3n) is 4.10. The van der Waals surface area contributed by atoms with Crippen LogP contribution in [0.15, 0.2) is 18.2 Å². The van der Waals surface area contributed by atoms with Crippen LogP contribution in [0.1, 0.15) is 59.1 Å². The number of piperidine rings is 1. The molecule has 2 rings (SSSR count). The van der Waals surface area contributed by atoms with Crippen molar-refractivity contribution in [3.8, 4) is 0 Å². The van der Waals surface area contributed by atoms with E-state index >= 15 is 0 Å². The second-order valence-electron chi connectivity index (χ2n) is 7.55. The highest BCUT2D eigenvalue weighted by Crippen LogP contribution is 2.30. The van der Waals surface area contributed by atoms with Gasteiger partial charge >= 0.3 is 0 Å². The van der Waals surface area contributed by atoms with E-state index in [-0.39, 0.29) is 29.0 Å². The summed E-state index contributed by atoms with van der Waals surface area (Å²) in [4.78, 5) is 0. The number of hydrogen-bond acceptors (Lipinski definition) is 2. The largest absolute Gasteiger partial charge is 0.307 e. The van der Waals surface area contributed by atoms with Gasteiger partial charge in [-0.15, -0.1) is 0 Å². The van der Waals surface area contributed by atoms with E-state index in [0.717, 1.165) is 18.9 Å². The van der Waals surface area contributed by atoms with Crippen molar-refractivity contribution in [2.24, 2.45) is 0 Å². The second-order valence-corrected chi connectivity index (χ2v) is 7.55. The van der Waals surface area contributed by atoms with Crippen LogP contribution in [0.2, 0.25) is 0 Å². The second kappa shape index (κ2) is 5.65. The Balaban J connectivity index is 2.12. The fourth-order valence-corrected chi connectivity index (χ4v) is 3.73. The standard InChI is InChI=1S/C17H26F2N2/c1-11(14-8-12(18)6-7-15(14)19)20-13-9-16(2,3)21-17(4,5)10-13/h6-8,11,13,20-21H,9-10H2,1-5H3. The van der Waals surface area contributed by atoms with Crippen molar-refractivity contribution >= 4 is 0 Å². The molecule has 4 heteroatoms. The Kier molecular flexibility index (Phi) is 4.41. The van der Waals surface area contributed by atoms with Crippen LogP contribution in [-0.4, -0.2) is 17.1 Å². The smallest absolute Gasteiger partial charge is 0.128 e. The molecule has 1 unspecified atom stereocenters. The minimum atomic E-state index is -0.397. The molecule has 0 saturated carbocycles. The quantitative estimate of drug-likeness (QED) is 0.883. The van der Waals surface area contributed by atoms with Gasteiger partial charge in [-0.1, -0.05) is 0 Å². The Morgan fingerprint density at radius 1 is 1.14 bits per heavy atom. The van der Waals surface area contributed by atoms with Gasteiger partial charge in [0.1, 0.15) is 11.6 Å². The molecule has 1 aliphatic rings. The molecule has 0 radical (unpaired) electrons. The van der Waals surface area contributed by atoms with Gasteiger partial charge in [0.05, 0.1) is 0 Å². The van der Waals surface area contributed by atoms with Gasteiger partial charge in [0.2, 0.25) is 0 Å². The highest BCUT2D eigenvalue weighted by atomic mass is 19.1. The van der Waals surface area contributed by atoms with E-state index in [0.29, 0.717) is 5.56 Å². The molecule has 21 heavy (non-hydrogen) atoms. The Hall–Kier alpha value is -1.00. The zero-order chi connectivity index (χ0) is 15.8. The highest BCUT2D eigenvalue weighted by Gasteiger charge is 2.38. The van der Waals surface area contributed by atoms with Crippen molar-refractivity contribution in [3.05, 3.63) is 35.4 Å². The molecule has 1 atom stereocenters. The summed E-state index contributed by atoms with van der Waals surface area (Å²) in [6.45, 7) is 10.6. The molecule has 1 saturated heterocycles. The lowest BCUT2D eigenvalue weighted by atomic mass is 9.79. The number of halogens is 2. The molecule has 2 N–H and O–H groups in total. The Labute approximate surface area is 126 Å². The van der Waals surface area contributed by atoms with E-state index in [4.69, 9.17) is 0 Å². The van der Waals surface area contributed by atoms with Crippen LogP contribution in [0.3, 0.4) is 0 Å². The summed E-state index contributed by atoms with van der Waals surface area (Å²) in [6.07, 6.45) is 1.91. The van der Waals surface area contributed by atoms with Gasteiger partial charge in [0.15, 0.2) is 0 Å². The van der Waals surface area contributed by atoms with Gasteiger partial charge < -0.3 is 10.6 Å². The van der Waals surface area contributed by atoms with Crippen molar-refractivity contribution in [1.82, 2.24) is 10.6 Å². The number of benzene rings is 1. The predicted octanol–water partition coefficient (Wildman–Crippen LogP) is 3.92. The summed E-state index contributed by atoms with van der Waals surface area (Å²) in [6, 6.07) is 3.69. The first kappa shape index (κ1) is 16.4. The molecule has 1 fully saturated rings. The van der Waals surface area contributed by atoms with E-state index in [1.165, 1.54) is 12.1 Å². The van der Waals surface area contributed by atoms with Crippen LogP contribution < -0.4 is 10.6 Å². The average Bonchev–Trinajstić information content (AvgIpc) is 2.27. The average molecular weight is 296 g/mol. The number of nitrogens with one attached hydrogen (secondary N) is 2. The fraction of sp³-hybridized carbons (Fsp3) is 0.647. The number of rotatable bonds is 3. The minimum Gasteiger partial charge on any atom is -0.307 e.